The van der Waals surface area contributed by atoms with E-state index in [0.29, 0.717) is 50.9 Å². The maximum Gasteiger partial charge on any atom is 0.243 e. The van der Waals surface area contributed by atoms with Crippen molar-refractivity contribution in [1.82, 2.24) is 14.5 Å². The van der Waals surface area contributed by atoms with Crippen molar-refractivity contribution in [3.63, 3.8) is 0 Å². The summed E-state index contributed by atoms with van der Waals surface area (Å²) in [4.78, 5) is 2.33. The van der Waals surface area contributed by atoms with Crippen LogP contribution in [0.15, 0.2) is 71.6 Å². The predicted molar refractivity (Wildman–Crippen MR) is 124 cm³/mol. The molecule has 0 radical (unpaired) electrons. The number of anilines is 2. The van der Waals surface area contributed by atoms with Crippen LogP contribution in [0, 0.1) is 0 Å². The van der Waals surface area contributed by atoms with Gasteiger partial charge in [0, 0.05) is 32.7 Å². The van der Waals surface area contributed by atoms with E-state index in [4.69, 9.17) is 4.74 Å². The number of nitrogens with zero attached hydrogens (tertiary/aromatic N) is 4. The molecule has 168 valence electrons. The van der Waals surface area contributed by atoms with Crippen LogP contribution in [-0.2, 0) is 16.6 Å². The Balaban J connectivity index is 1.32. The van der Waals surface area contributed by atoms with Crippen LogP contribution in [0.4, 0.5) is 11.6 Å². The fraction of sp³-hybridized carbons (Fsp3) is 0.304. The summed E-state index contributed by atoms with van der Waals surface area (Å²) in [6.45, 7) is 5.02. The van der Waals surface area contributed by atoms with E-state index in [2.05, 4.69) is 32.5 Å². The molecule has 4 rings (SSSR count). The first-order valence-electron chi connectivity index (χ1n) is 10.7. The van der Waals surface area contributed by atoms with Gasteiger partial charge >= 0.3 is 0 Å². The first kappa shape index (κ1) is 22.0. The molecular formula is C23H27N5O3S. The van der Waals surface area contributed by atoms with E-state index in [9.17, 15) is 8.42 Å². The zero-order chi connectivity index (χ0) is 22.4. The molecule has 2 heterocycles. The molecule has 0 amide bonds. The zero-order valence-corrected chi connectivity index (χ0v) is 18.8. The van der Waals surface area contributed by atoms with Crippen molar-refractivity contribution >= 4 is 21.7 Å². The van der Waals surface area contributed by atoms with Gasteiger partial charge in [-0.1, -0.05) is 30.3 Å². The second-order valence-corrected chi connectivity index (χ2v) is 9.35. The van der Waals surface area contributed by atoms with Crippen molar-refractivity contribution in [2.75, 3.05) is 43.0 Å². The van der Waals surface area contributed by atoms with Gasteiger partial charge in [-0.3, -0.25) is 0 Å². The molecule has 0 aliphatic carbocycles. The van der Waals surface area contributed by atoms with E-state index in [0.717, 1.165) is 5.82 Å². The summed E-state index contributed by atoms with van der Waals surface area (Å²) in [5, 5.41) is 11.8. The number of rotatable bonds is 8. The summed E-state index contributed by atoms with van der Waals surface area (Å²) in [6.07, 6.45) is 0. The van der Waals surface area contributed by atoms with Crippen molar-refractivity contribution in [3.05, 3.63) is 72.3 Å². The predicted octanol–water partition coefficient (Wildman–Crippen LogP) is 3.00. The van der Waals surface area contributed by atoms with Crippen LogP contribution in [0.1, 0.15) is 12.5 Å². The zero-order valence-electron chi connectivity index (χ0n) is 18.0. The van der Waals surface area contributed by atoms with Crippen molar-refractivity contribution in [2.24, 2.45) is 0 Å². The molecule has 1 saturated heterocycles. The molecule has 0 bridgehead atoms. The van der Waals surface area contributed by atoms with Crippen LogP contribution >= 0.6 is 0 Å². The van der Waals surface area contributed by atoms with E-state index in [1.807, 2.05) is 37.3 Å². The third kappa shape index (κ3) is 5.17. The largest absolute Gasteiger partial charge is 0.494 e. The Morgan fingerprint density at radius 2 is 1.62 bits per heavy atom. The van der Waals surface area contributed by atoms with E-state index in [1.54, 1.807) is 24.3 Å². The van der Waals surface area contributed by atoms with Gasteiger partial charge in [0.05, 0.1) is 11.5 Å². The topological polar surface area (TPSA) is 87.7 Å². The normalized spacial score (nSPS) is 14.8. The lowest BCUT2D eigenvalue weighted by molar-refractivity contribution is 0.340. The van der Waals surface area contributed by atoms with E-state index in [-0.39, 0.29) is 4.90 Å². The number of ether oxygens (including phenoxy) is 1. The standard InChI is InChI=1S/C23H27N5O3S/c1-2-31-20-8-10-21(11-9-20)32(29,30)28-16-14-27(15-17-28)23-13-12-22(25-26-23)24-18-19-6-4-3-5-7-19/h3-13H,2,14-18H2,1H3,(H,24,25). The highest BCUT2D eigenvalue weighted by Gasteiger charge is 2.29. The first-order valence-corrected chi connectivity index (χ1v) is 12.1. The van der Waals surface area contributed by atoms with Gasteiger partial charge in [0.15, 0.2) is 5.82 Å². The molecule has 0 unspecified atom stereocenters. The number of sulfonamides is 1. The Bertz CT molecular complexity index is 1100. The van der Waals surface area contributed by atoms with Gasteiger partial charge in [0.1, 0.15) is 11.6 Å². The minimum atomic E-state index is -3.53. The van der Waals surface area contributed by atoms with Crippen molar-refractivity contribution in [1.29, 1.82) is 0 Å². The van der Waals surface area contributed by atoms with Gasteiger partial charge in [-0.2, -0.15) is 4.31 Å². The number of hydrogen-bond donors (Lipinski definition) is 1. The molecule has 1 aliphatic rings. The van der Waals surface area contributed by atoms with Gasteiger partial charge in [-0.25, -0.2) is 8.42 Å². The van der Waals surface area contributed by atoms with Crippen LogP contribution in [-0.4, -0.2) is 55.7 Å². The summed E-state index contributed by atoms with van der Waals surface area (Å²) in [5.41, 5.74) is 1.17. The van der Waals surface area contributed by atoms with Gasteiger partial charge in [-0.15, -0.1) is 10.2 Å². The van der Waals surface area contributed by atoms with Gasteiger partial charge in [0.2, 0.25) is 10.0 Å². The molecule has 2 aromatic carbocycles. The molecule has 0 atom stereocenters. The maximum absolute atomic E-state index is 13.0. The van der Waals surface area contributed by atoms with Crippen LogP contribution in [0.2, 0.25) is 0 Å². The lowest BCUT2D eigenvalue weighted by atomic mass is 10.2. The molecule has 1 aromatic heterocycles. The average molecular weight is 454 g/mol. The second-order valence-electron chi connectivity index (χ2n) is 7.41. The monoisotopic (exact) mass is 453 g/mol. The lowest BCUT2D eigenvalue weighted by Crippen LogP contribution is -2.49. The van der Waals surface area contributed by atoms with Crippen LogP contribution in [0.3, 0.4) is 0 Å². The number of piperazine rings is 1. The van der Waals surface area contributed by atoms with Crippen LogP contribution in [0.5, 0.6) is 5.75 Å². The Kier molecular flexibility index (Phi) is 6.87. The molecular weight excluding hydrogens is 426 g/mol. The van der Waals surface area contributed by atoms with E-state index < -0.39 is 10.0 Å². The van der Waals surface area contributed by atoms with Gasteiger partial charge in [-0.05, 0) is 48.9 Å². The first-order chi connectivity index (χ1) is 15.6. The molecule has 3 aromatic rings. The number of nitrogens with one attached hydrogen (secondary N) is 1. The van der Waals surface area contributed by atoms with Crippen molar-refractivity contribution in [3.8, 4) is 5.75 Å². The summed E-state index contributed by atoms with van der Waals surface area (Å²) in [7, 11) is -3.53. The van der Waals surface area contributed by atoms with Gasteiger partial charge in [0.25, 0.3) is 0 Å². The highest BCUT2D eigenvalue weighted by atomic mass is 32.2. The smallest absolute Gasteiger partial charge is 0.243 e. The fourth-order valence-electron chi connectivity index (χ4n) is 3.56. The van der Waals surface area contributed by atoms with Crippen molar-refractivity contribution < 1.29 is 13.2 Å². The minimum Gasteiger partial charge on any atom is -0.494 e. The molecule has 0 saturated carbocycles. The lowest BCUT2D eigenvalue weighted by Gasteiger charge is -2.34. The Hall–Kier alpha value is -3.17. The molecule has 1 N–H and O–H groups in total. The summed E-state index contributed by atoms with van der Waals surface area (Å²) in [6, 6.07) is 20.5. The molecule has 1 fully saturated rings. The Morgan fingerprint density at radius 3 is 2.25 bits per heavy atom. The van der Waals surface area contributed by atoms with Gasteiger partial charge < -0.3 is 15.0 Å². The molecule has 0 spiro atoms. The summed E-state index contributed by atoms with van der Waals surface area (Å²) >= 11 is 0. The fourth-order valence-corrected chi connectivity index (χ4v) is 4.98. The third-order valence-corrected chi connectivity index (χ3v) is 7.21. The summed E-state index contributed by atoms with van der Waals surface area (Å²) in [5.74, 6) is 2.11. The highest BCUT2D eigenvalue weighted by Crippen LogP contribution is 2.22. The number of benzene rings is 2. The van der Waals surface area contributed by atoms with E-state index in [1.165, 1.54) is 9.87 Å². The maximum atomic E-state index is 13.0. The van der Waals surface area contributed by atoms with Crippen molar-refractivity contribution in [2.45, 2.75) is 18.4 Å². The highest BCUT2D eigenvalue weighted by molar-refractivity contribution is 7.89. The quantitative estimate of drug-likeness (QED) is 0.561. The molecule has 8 nitrogen and oxygen atoms in total. The molecule has 1 aliphatic heterocycles. The minimum absolute atomic E-state index is 0.281. The molecule has 9 heteroatoms. The Morgan fingerprint density at radius 1 is 0.906 bits per heavy atom. The van der Waals surface area contributed by atoms with E-state index >= 15 is 0 Å². The Labute approximate surface area is 188 Å². The second kappa shape index (κ2) is 9.97. The number of hydrogen-bond acceptors (Lipinski definition) is 7. The molecule has 32 heavy (non-hydrogen) atoms. The third-order valence-electron chi connectivity index (χ3n) is 5.30. The number of aromatic nitrogens is 2. The average Bonchev–Trinajstić information content (AvgIpc) is 2.84. The van der Waals surface area contributed by atoms with Crippen LogP contribution < -0.4 is 15.0 Å². The van der Waals surface area contributed by atoms with Crippen LogP contribution in [0.25, 0.3) is 0 Å². The summed E-state index contributed by atoms with van der Waals surface area (Å²) < 4.78 is 32.8. The SMILES string of the molecule is CCOc1ccc(S(=O)(=O)N2CCN(c3ccc(NCc4ccccc4)nn3)CC2)cc1.